The molecular formula is C27H29F3N2O2. The number of likely N-dealkylation sites (tertiary alicyclic amines) is 1. The summed E-state index contributed by atoms with van der Waals surface area (Å²) in [6.07, 6.45) is 0.0570. The van der Waals surface area contributed by atoms with Crippen LogP contribution in [0.15, 0.2) is 48.5 Å². The third-order valence-electron chi connectivity index (χ3n) is 7.74. The highest BCUT2D eigenvalue weighted by atomic mass is 19.4. The van der Waals surface area contributed by atoms with Gasteiger partial charge in [0.25, 0.3) is 0 Å². The Labute approximate surface area is 197 Å². The van der Waals surface area contributed by atoms with Gasteiger partial charge in [0, 0.05) is 38.0 Å². The number of nitrogens with zero attached hydrogens (tertiary/aromatic N) is 2. The van der Waals surface area contributed by atoms with Gasteiger partial charge in [-0.05, 0) is 42.0 Å². The fourth-order valence-corrected chi connectivity index (χ4v) is 5.87. The number of amides is 2. The predicted octanol–water partition coefficient (Wildman–Crippen LogP) is 5.02. The molecule has 0 spiro atoms. The van der Waals surface area contributed by atoms with Gasteiger partial charge in [0.15, 0.2) is 0 Å². The average molecular weight is 471 g/mol. The average Bonchev–Trinajstić information content (AvgIpc) is 3.53. The van der Waals surface area contributed by atoms with Gasteiger partial charge < -0.3 is 9.80 Å². The summed E-state index contributed by atoms with van der Waals surface area (Å²) in [5.74, 6) is -1.04. The first-order chi connectivity index (χ1) is 16.3. The lowest BCUT2D eigenvalue weighted by molar-refractivity contribution is -0.138. The van der Waals surface area contributed by atoms with Crippen molar-refractivity contribution in [3.05, 3.63) is 70.8 Å². The standard InChI is InChI=1S/C27H29F3N2O2/c28-27(29,30)22-11-5-10-20(14-22)23-16-32(25(33)19-7-2-3-8-19)17-24(23)26(34)31-13-12-18-6-1-4-9-21(18)15-31/h1,4-6,9-11,14,19,23-24H,2-3,7-8,12-13,15-17H2. The molecule has 1 aliphatic carbocycles. The fourth-order valence-electron chi connectivity index (χ4n) is 5.87. The van der Waals surface area contributed by atoms with E-state index >= 15 is 0 Å². The zero-order chi connectivity index (χ0) is 23.9. The Bertz CT molecular complexity index is 1080. The quantitative estimate of drug-likeness (QED) is 0.632. The van der Waals surface area contributed by atoms with Crippen molar-refractivity contribution in [2.45, 2.75) is 50.7 Å². The molecule has 2 aromatic carbocycles. The summed E-state index contributed by atoms with van der Waals surface area (Å²) in [5.41, 5.74) is 2.09. The van der Waals surface area contributed by atoms with Crippen molar-refractivity contribution in [3.63, 3.8) is 0 Å². The summed E-state index contributed by atoms with van der Waals surface area (Å²) in [5, 5.41) is 0. The zero-order valence-corrected chi connectivity index (χ0v) is 19.1. The second-order valence-corrected chi connectivity index (χ2v) is 9.84. The van der Waals surface area contributed by atoms with Crippen molar-refractivity contribution >= 4 is 11.8 Å². The molecule has 34 heavy (non-hydrogen) atoms. The molecule has 2 amide bonds. The van der Waals surface area contributed by atoms with Crippen LogP contribution in [0.2, 0.25) is 0 Å². The first-order valence-corrected chi connectivity index (χ1v) is 12.1. The Hall–Kier alpha value is -2.83. The summed E-state index contributed by atoms with van der Waals surface area (Å²) < 4.78 is 40.2. The first kappa shape index (κ1) is 22.9. The molecule has 180 valence electrons. The van der Waals surface area contributed by atoms with Crippen LogP contribution in [0, 0.1) is 11.8 Å². The number of hydrogen-bond donors (Lipinski definition) is 0. The van der Waals surface area contributed by atoms with Crippen molar-refractivity contribution in [2.75, 3.05) is 19.6 Å². The number of alkyl halides is 3. The van der Waals surface area contributed by atoms with Crippen molar-refractivity contribution < 1.29 is 22.8 Å². The van der Waals surface area contributed by atoms with Gasteiger partial charge in [0.05, 0.1) is 11.5 Å². The van der Waals surface area contributed by atoms with Gasteiger partial charge in [-0.2, -0.15) is 13.2 Å². The van der Waals surface area contributed by atoms with E-state index in [-0.39, 0.29) is 30.8 Å². The molecule has 2 fully saturated rings. The second kappa shape index (κ2) is 9.08. The van der Waals surface area contributed by atoms with E-state index in [4.69, 9.17) is 0 Å². The number of benzene rings is 2. The van der Waals surface area contributed by atoms with Crippen LogP contribution in [0.3, 0.4) is 0 Å². The SMILES string of the molecule is O=C(C1CCCC1)N1CC(C(=O)N2CCc3ccccc3C2)C(c2cccc(C(F)(F)F)c2)C1. The van der Waals surface area contributed by atoms with E-state index in [1.54, 1.807) is 11.0 Å². The Morgan fingerprint density at radius 1 is 0.853 bits per heavy atom. The van der Waals surface area contributed by atoms with E-state index < -0.39 is 23.6 Å². The van der Waals surface area contributed by atoms with Gasteiger partial charge >= 0.3 is 6.18 Å². The van der Waals surface area contributed by atoms with Crippen LogP contribution in [0.1, 0.15) is 53.9 Å². The molecule has 2 aromatic rings. The molecule has 2 atom stereocenters. The fraction of sp³-hybridized carbons (Fsp3) is 0.481. The lowest BCUT2D eigenvalue weighted by Gasteiger charge is -2.32. The molecule has 3 aliphatic rings. The maximum absolute atomic E-state index is 13.7. The van der Waals surface area contributed by atoms with Gasteiger partial charge in [-0.3, -0.25) is 9.59 Å². The molecule has 1 saturated heterocycles. The van der Waals surface area contributed by atoms with Crippen LogP contribution in [0.25, 0.3) is 0 Å². The summed E-state index contributed by atoms with van der Waals surface area (Å²) in [7, 11) is 0. The molecular weight excluding hydrogens is 441 g/mol. The number of halogens is 3. The number of hydrogen-bond acceptors (Lipinski definition) is 2. The van der Waals surface area contributed by atoms with Crippen LogP contribution in [-0.2, 0) is 28.7 Å². The van der Waals surface area contributed by atoms with Crippen LogP contribution < -0.4 is 0 Å². The Morgan fingerprint density at radius 3 is 2.32 bits per heavy atom. The Kier molecular flexibility index (Phi) is 6.13. The first-order valence-electron chi connectivity index (χ1n) is 12.1. The van der Waals surface area contributed by atoms with Crippen molar-refractivity contribution in [2.24, 2.45) is 11.8 Å². The van der Waals surface area contributed by atoms with E-state index in [0.29, 0.717) is 18.7 Å². The smallest absolute Gasteiger partial charge is 0.341 e. The predicted molar refractivity (Wildman–Crippen MR) is 122 cm³/mol. The highest BCUT2D eigenvalue weighted by molar-refractivity contribution is 5.84. The van der Waals surface area contributed by atoms with Gasteiger partial charge in [-0.15, -0.1) is 0 Å². The minimum absolute atomic E-state index is 0.0297. The van der Waals surface area contributed by atoms with E-state index in [1.807, 2.05) is 23.1 Å². The summed E-state index contributed by atoms with van der Waals surface area (Å²) >= 11 is 0. The number of carbonyl (C=O) groups excluding carboxylic acids is 2. The topological polar surface area (TPSA) is 40.6 Å². The van der Waals surface area contributed by atoms with Crippen LogP contribution >= 0.6 is 0 Å². The van der Waals surface area contributed by atoms with E-state index in [0.717, 1.165) is 49.8 Å². The molecule has 2 aliphatic heterocycles. The largest absolute Gasteiger partial charge is 0.416 e. The third kappa shape index (κ3) is 4.44. The monoisotopic (exact) mass is 470 g/mol. The van der Waals surface area contributed by atoms with Gasteiger partial charge in [-0.1, -0.05) is 55.3 Å². The molecule has 1 saturated carbocycles. The molecule has 0 bridgehead atoms. The summed E-state index contributed by atoms with van der Waals surface area (Å²) in [6, 6.07) is 13.3. The Morgan fingerprint density at radius 2 is 1.59 bits per heavy atom. The van der Waals surface area contributed by atoms with Gasteiger partial charge in [-0.25, -0.2) is 0 Å². The molecule has 0 N–H and O–H groups in total. The number of carbonyl (C=O) groups is 2. The normalized spacial score (nSPS) is 23.3. The summed E-state index contributed by atoms with van der Waals surface area (Å²) in [4.78, 5) is 30.5. The van der Waals surface area contributed by atoms with Gasteiger partial charge in [0.2, 0.25) is 11.8 Å². The zero-order valence-electron chi connectivity index (χ0n) is 19.1. The van der Waals surface area contributed by atoms with Crippen LogP contribution in [0.4, 0.5) is 13.2 Å². The molecule has 4 nitrogen and oxygen atoms in total. The van der Waals surface area contributed by atoms with Crippen molar-refractivity contribution in [1.29, 1.82) is 0 Å². The van der Waals surface area contributed by atoms with E-state index in [9.17, 15) is 22.8 Å². The molecule has 0 aromatic heterocycles. The number of rotatable bonds is 3. The van der Waals surface area contributed by atoms with Gasteiger partial charge in [0.1, 0.15) is 0 Å². The minimum Gasteiger partial charge on any atom is -0.341 e. The van der Waals surface area contributed by atoms with Crippen LogP contribution in [0.5, 0.6) is 0 Å². The molecule has 7 heteroatoms. The molecule has 0 radical (unpaired) electrons. The second-order valence-electron chi connectivity index (χ2n) is 9.84. The highest BCUT2D eigenvalue weighted by Gasteiger charge is 2.44. The van der Waals surface area contributed by atoms with E-state index in [2.05, 4.69) is 6.07 Å². The summed E-state index contributed by atoms with van der Waals surface area (Å²) in [6.45, 7) is 1.64. The van der Waals surface area contributed by atoms with Crippen molar-refractivity contribution in [3.8, 4) is 0 Å². The lowest BCUT2D eigenvalue weighted by Crippen LogP contribution is -2.42. The maximum atomic E-state index is 13.7. The van der Waals surface area contributed by atoms with Crippen molar-refractivity contribution in [1.82, 2.24) is 9.80 Å². The molecule has 2 unspecified atom stereocenters. The maximum Gasteiger partial charge on any atom is 0.416 e. The highest BCUT2D eigenvalue weighted by Crippen LogP contribution is 2.39. The lowest BCUT2D eigenvalue weighted by atomic mass is 9.86. The minimum atomic E-state index is -4.45. The number of fused-ring (bicyclic) bond motifs is 1. The van der Waals surface area contributed by atoms with Crippen LogP contribution in [-0.4, -0.2) is 41.2 Å². The molecule has 5 rings (SSSR count). The third-order valence-corrected chi connectivity index (χ3v) is 7.74. The molecule has 2 heterocycles. The Balaban J connectivity index is 1.43. The van der Waals surface area contributed by atoms with E-state index in [1.165, 1.54) is 11.6 Å².